The van der Waals surface area contributed by atoms with Crippen molar-refractivity contribution in [3.8, 4) is 0 Å². The van der Waals surface area contributed by atoms with Gasteiger partial charge in [0.05, 0.1) is 7.11 Å². The number of carbonyl (C=O) groups excluding carboxylic acids is 3. The number of ether oxygens (including phenoxy) is 2. The zero-order valence-electron chi connectivity index (χ0n) is 11.9. The minimum Gasteiger partial charge on any atom is -0.467 e. The summed E-state index contributed by atoms with van der Waals surface area (Å²) in [7, 11) is 1.23. The molecule has 1 aromatic carbocycles. The van der Waals surface area contributed by atoms with Crippen LogP contribution in [0.15, 0.2) is 30.3 Å². The molecule has 0 fully saturated rings. The van der Waals surface area contributed by atoms with Crippen molar-refractivity contribution >= 4 is 18.0 Å². The molecular formula is C14H18N2O5. The van der Waals surface area contributed by atoms with Crippen molar-refractivity contribution < 1.29 is 23.9 Å². The van der Waals surface area contributed by atoms with Gasteiger partial charge in [-0.15, -0.1) is 0 Å². The molecule has 0 saturated carbocycles. The molecular weight excluding hydrogens is 276 g/mol. The van der Waals surface area contributed by atoms with Crippen LogP contribution in [-0.4, -0.2) is 37.7 Å². The van der Waals surface area contributed by atoms with Gasteiger partial charge in [-0.05, 0) is 12.5 Å². The van der Waals surface area contributed by atoms with Crippen molar-refractivity contribution in [2.24, 2.45) is 0 Å². The van der Waals surface area contributed by atoms with Crippen LogP contribution < -0.4 is 10.6 Å². The summed E-state index contributed by atoms with van der Waals surface area (Å²) in [5.74, 6) is -1.07. The molecule has 0 aliphatic carbocycles. The van der Waals surface area contributed by atoms with E-state index < -0.39 is 24.0 Å². The van der Waals surface area contributed by atoms with Gasteiger partial charge in [0, 0.05) is 0 Å². The van der Waals surface area contributed by atoms with Crippen LogP contribution in [0.1, 0.15) is 12.5 Å². The van der Waals surface area contributed by atoms with Crippen molar-refractivity contribution in [1.82, 2.24) is 10.6 Å². The van der Waals surface area contributed by atoms with Crippen LogP contribution in [0.25, 0.3) is 0 Å². The number of alkyl carbamates (subject to hydrolysis) is 1. The van der Waals surface area contributed by atoms with Crippen LogP contribution in [0.4, 0.5) is 4.79 Å². The molecule has 21 heavy (non-hydrogen) atoms. The standard InChI is InChI=1S/C14H18N2O5/c1-10(13(18)20-2)16-12(17)8-15-14(19)21-9-11-6-4-3-5-7-11/h3-7,10H,8-9H2,1-2H3,(H,15,19)(H,16,17)/t10-/m1/s1. The summed E-state index contributed by atoms with van der Waals surface area (Å²) in [4.78, 5) is 34.0. The quantitative estimate of drug-likeness (QED) is 0.749. The zero-order chi connectivity index (χ0) is 15.7. The van der Waals surface area contributed by atoms with Gasteiger partial charge in [0.2, 0.25) is 5.91 Å². The molecule has 7 nitrogen and oxygen atoms in total. The predicted molar refractivity (Wildman–Crippen MR) is 74.3 cm³/mol. The lowest BCUT2D eigenvalue weighted by Crippen LogP contribution is -2.44. The van der Waals surface area contributed by atoms with Crippen molar-refractivity contribution in [2.75, 3.05) is 13.7 Å². The number of nitrogens with one attached hydrogen (secondary N) is 2. The molecule has 1 atom stereocenters. The number of carbonyl (C=O) groups is 3. The van der Waals surface area contributed by atoms with E-state index in [-0.39, 0.29) is 13.2 Å². The molecule has 0 aromatic heterocycles. The molecule has 0 aliphatic rings. The van der Waals surface area contributed by atoms with Crippen molar-refractivity contribution in [3.63, 3.8) is 0 Å². The van der Waals surface area contributed by atoms with E-state index in [1.165, 1.54) is 14.0 Å². The average Bonchev–Trinajstić information content (AvgIpc) is 2.51. The topological polar surface area (TPSA) is 93.7 Å². The molecule has 1 rings (SSSR count). The van der Waals surface area contributed by atoms with E-state index in [4.69, 9.17) is 4.74 Å². The molecule has 7 heteroatoms. The smallest absolute Gasteiger partial charge is 0.407 e. The Balaban J connectivity index is 2.23. The number of hydrogen-bond acceptors (Lipinski definition) is 5. The second-order valence-corrected chi connectivity index (χ2v) is 4.23. The highest BCUT2D eigenvalue weighted by atomic mass is 16.5. The van der Waals surface area contributed by atoms with E-state index in [0.29, 0.717) is 0 Å². The first kappa shape index (κ1) is 16.5. The molecule has 2 amide bonds. The highest BCUT2D eigenvalue weighted by Crippen LogP contribution is 2.00. The summed E-state index contributed by atoms with van der Waals surface area (Å²) in [6, 6.07) is 8.38. The third-order valence-electron chi connectivity index (χ3n) is 2.54. The van der Waals surface area contributed by atoms with E-state index in [1.54, 1.807) is 0 Å². The second-order valence-electron chi connectivity index (χ2n) is 4.23. The second kappa shape index (κ2) is 8.57. The van der Waals surface area contributed by atoms with Crippen molar-refractivity contribution in [1.29, 1.82) is 0 Å². The van der Waals surface area contributed by atoms with E-state index in [1.807, 2.05) is 30.3 Å². The number of rotatable bonds is 6. The summed E-state index contributed by atoms with van der Waals surface area (Å²) in [6.07, 6.45) is -0.709. The van der Waals surface area contributed by atoms with Gasteiger partial charge in [-0.2, -0.15) is 0 Å². The first-order valence-corrected chi connectivity index (χ1v) is 6.34. The van der Waals surface area contributed by atoms with Gasteiger partial charge in [-0.3, -0.25) is 4.79 Å². The summed E-state index contributed by atoms with van der Waals surface area (Å²) < 4.78 is 9.39. The molecule has 0 bridgehead atoms. The largest absolute Gasteiger partial charge is 0.467 e. The number of amides is 2. The predicted octanol–water partition coefficient (Wildman–Crippen LogP) is 0.591. The summed E-state index contributed by atoms with van der Waals surface area (Å²) in [5.41, 5.74) is 0.844. The lowest BCUT2D eigenvalue weighted by molar-refractivity contribution is -0.144. The molecule has 0 radical (unpaired) electrons. The Hall–Kier alpha value is -2.57. The van der Waals surface area contributed by atoms with Crippen LogP contribution in [0.5, 0.6) is 0 Å². The average molecular weight is 294 g/mol. The van der Waals surface area contributed by atoms with Gasteiger partial charge in [0.25, 0.3) is 0 Å². The zero-order valence-corrected chi connectivity index (χ0v) is 11.9. The summed E-state index contributed by atoms with van der Waals surface area (Å²) >= 11 is 0. The first-order valence-electron chi connectivity index (χ1n) is 6.34. The normalized spacial score (nSPS) is 11.1. The molecule has 114 valence electrons. The monoisotopic (exact) mass is 294 g/mol. The van der Waals surface area contributed by atoms with Crippen LogP contribution in [0.3, 0.4) is 0 Å². The number of benzene rings is 1. The lowest BCUT2D eigenvalue weighted by Gasteiger charge is -2.12. The third-order valence-corrected chi connectivity index (χ3v) is 2.54. The van der Waals surface area contributed by atoms with Gasteiger partial charge < -0.3 is 20.1 Å². The fraction of sp³-hybridized carbons (Fsp3) is 0.357. The molecule has 0 heterocycles. The minimum atomic E-state index is -0.773. The highest BCUT2D eigenvalue weighted by Gasteiger charge is 2.16. The van der Waals surface area contributed by atoms with Crippen LogP contribution in [0, 0.1) is 0 Å². The van der Waals surface area contributed by atoms with E-state index in [9.17, 15) is 14.4 Å². The Kier molecular flexibility index (Phi) is 6.73. The van der Waals surface area contributed by atoms with Crippen LogP contribution in [-0.2, 0) is 25.7 Å². The van der Waals surface area contributed by atoms with Gasteiger partial charge in [0.1, 0.15) is 19.2 Å². The molecule has 2 N–H and O–H groups in total. The maximum atomic E-state index is 11.5. The Bertz CT molecular complexity index is 489. The fourth-order valence-electron chi connectivity index (χ4n) is 1.45. The summed E-state index contributed by atoms with van der Waals surface area (Å²) in [5, 5.41) is 4.67. The van der Waals surface area contributed by atoms with Crippen molar-refractivity contribution in [3.05, 3.63) is 35.9 Å². The molecule has 1 aromatic rings. The van der Waals surface area contributed by atoms with Crippen LogP contribution >= 0.6 is 0 Å². The van der Waals surface area contributed by atoms with Crippen LogP contribution in [0.2, 0.25) is 0 Å². The Morgan fingerprint density at radius 2 is 1.86 bits per heavy atom. The van der Waals surface area contributed by atoms with Gasteiger partial charge in [0.15, 0.2) is 0 Å². The molecule has 0 aliphatic heterocycles. The van der Waals surface area contributed by atoms with E-state index >= 15 is 0 Å². The van der Waals surface area contributed by atoms with E-state index in [2.05, 4.69) is 15.4 Å². The number of hydrogen-bond donors (Lipinski definition) is 2. The summed E-state index contributed by atoms with van der Waals surface area (Å²) in [6.45, 7) is 1.32. The van der Waals surface area contributed by atoms with E-state index in [0.717, 1.165) is 5.56 Å². The first-order chi connectivity index (χ1) is 10.0. The van der Waals surface area contributed by atoms with Gasteiger partial charge in [-0.25, -0.2) is 9.59 Å². The maximum Gasteiger partial charge on any atom is 0.407 e. The number of esters is 1. The molecule has 0 spiro atoms. The number of methoxy groups -OCH3 is 1. The molecule has 0 saturated heterocycles. The van der Waals surface area contributed by atoms with Gasteiger partial charge in [-0.1, -0.05) is 30.3 Å². The Morgan fingerprint density at radius 1 is 1.19 bits per heavy atom. The SMILES string of the molecule is COC(=O)[C@@H](C)NC(=O)CNC(=O)OCc1ccccc1. The fourth-order valence-corrected chi connectivity index (χ4v) is 1.45. The van der Waals surface area contributed by atoms with Gasteiger partial charge >= 0.3 is 12.1 Å². The van der Waals surface area contributed by atoms with Crippen molar-refractivity contribution in [2.45, 2.75) is 19.6 Å². The minimum absolute atomic E-state index is 0.118. The Morgan fingerprint density at radius 3 is 2.48 bits per heavy atom. The highest BCUT2D eigenvalue weighted by molar-refractivity contribution is 5.86. The maximum absolute atomic E-state index is 11.5. The third kappa shape index (κ3) is 6.42. The molecule has 0 unspecified atom stereocenters. The Labute approximate surface area is 122 Å². The lowest BCUT2D eigenvalue weighted by atomic mass is 10.2.